The third-order valence-electron chi connectivity index (χ3n) is 3.47. The maximum atomic E-state index is 13.9. The molecule has 19 heavy (non-hydrogen) atoms. The molecule has 0 aromatic heterocycles. The average Bonchev–Trinajstić information content (AvgIpc) is 2.42. The molecule has 100 valence electrons. The van der Waals surface area contributed by atoms with Gasteiger partial charge in [0.15, 0.2) is 0 Å². The fourth-order valence-corrected chi connectivity index (χ4v) is 2.24. The summed E-state index contributed by atoms with van der Waals surface area (Å²) in [6.07, 6.45) is 1.08. The molecule has 1 nitrogen and oxygen atoms in total. The minimum atomic E-state index is -0.775. The first kappa shape index (κ1) is 13.7. The summed E-state index contributed by atoms with van der Waals surface area (Å²) in [7, 11) is 0. The lowest BCUT2D eigenvalue weighted by atomic mass is 9.82. The molecule has 1 atom stereocenters. The summed E-state index contributed by atoms with van der Waals surface area (Å²) in [5, 5.41) is 0. The first-order chi connectivity index (χ1) is 9.05. The molecule has 0 saturated heterocycles. The van der Waals surface area contributed by atoms with Crippen molar-refractivity contribution in [2.75, 3.05) is 0 Å². The van der Waals surface area contributed by atoms with Gasteiger partial charge in [-0.25, -0.2) is 8.78 Å². The zero-order valence-corrected chi connectivity index (χ0v) is 10.9. The van der Waals surface area contributed by atoms with E-state index in [0.29, 0.717) is 18.4 Å². The molecule has 0 radical (unpaired) electrons. The molecule has 0 aliphatic carbocycles. The Morgan fingerprint density at radius 1 is 1.00 bits per heavy atom. The number of hydrogen-bond acceptors (Lipinski definition) is 1. The Morgan fingerprint density at radius 3 is 2.21 bits per heavy atom. The first-order valence-corrected chi connectivity index (χ1v) is 6.33. The third kappa shape index (κ3) is 2.99. The van der Waals surface area contributed by atoms with Crippen LogP contribution in [0.4, 0.5) is 8.78 Å². The molecule has 0 aliphatic rings. The van der Waals surface area contributed by atoms with Crippen molar-refractivity contribution >= 4 is 0 Å². The minimum Gasteiger partial charge on any atom is -0.321 e. The van der Waals surface area contributed by atoms with Crippen LogP contribution in [0.3, 0.4) is 0 Å². The second kappa shape index (κ2) is 5.49. The molecule has 2 rings (SSSR count). The van der Waals surface area contributed by atoms with Gasteiger partial charge in [-0.2, -0.15) is 0 Å². The molecule has 2 aromatic carbocycles. The monoisotopic (exact) mass is 261 g/mol. The Balaban J connectivity index is 2.33. The van der Waals surface area contributed by atoms with E-state index in [1.165, 1.54) is 18.2 Å². The summed E-state index contributed by atoms with van der Waals surface area (Å²) in [6.45, 7) is 1.93. The molecule has 3 heteroatoms. The number of nitrogens with two attached hydrogens (primary N) is 1. The highest BCUT2D eigenvalue weighted by molar-refractivity contribution is 5.29. The highest BCUT2D eigenvalue weighted by Gasteiger charge is 2.28. The van der Waals surface area contributed by atoms with E-state index in [0.717, 1.165) is 5.56 Å². The van der Waals surface area contributed by atoms with E-state index in [4.69, 9.17) is 5.73 Å². The van der Waals surface area contributed by atoms with E-state index in [1.807, 2.05) is 6.92 Å². The number of rotatable bonds is 4. The van der Waals surface area contributed by atoms with Crippen molar-refractivity contribution in [1.29, 1.82) is 0 Å². The van der Waals surface area contributed by atoms with Crippen LogP contribution in [0.25, 0.3) is 0 Å². The maximum absolute atomic E-state index is 13.9. The zero-order chi connectivity index (χ0) is 13.9. The molecule has 1 unspecified atom stereocenters. The fraction of sp³-hybridized carbons (Fsp3) is 0.250. The Bertz CT molecular complexity index is 551. The van der Waals surface area contributed by atoms with Crippen LogP contribution in [0.1, 0.15) is 24.5 Å². The Hall–Kier alpha value is -1.74. The standard InChI is InChI=1S/C16H17F2N/c1-2-16(19,14-5-3-4-6-15(14)18)11-12-7-9-13(17)10-8-12/h3-10H,2,11,19H2,1H3. The molecule has 0 saturated carbocycles. The predicted octanol–water partition coefficient (Wildman–Crippen LogP) is 3.77. The van der Waals surface area contributed by atoms with E-state index in [9.17, 15) is 8.78 Å². The van der Waals surface area contributed by atoms with Crippen LogP contribution in [0.2, 0.25) is 0 Å². The summed E-state index contributed by atoms with van der Waals surface area (Å²) in [4.78, 5) is 0. The van der Waals surface area contributed by atoms with E-state index < -0.39 is 5.54 Å². The lowest BCUT2D eigenvalue weighted by Gasteiger charge is -2.29. The Kier molecular flexibility index (Phi) is 3.96. The van der Waals surface area contributed by atoms with Crippen LogP contribution in [0, 0.1) is 11.6 Å². The predicted molar refractivity (Wildman–Crippen MR) is 72.7 cm³/mol. The van der Waals surface area contributed by atoms with Gasteiger partial charge in [0.25, 0.3) is 0 Å². The summed E-state index contributed by atoms with van der Waals surface area (Å²) in [5.74, 6) is -0.581. The highest BCUT2D eigenvalue weighted by atomic mass is 19.1. The summed E-state index contributed by atoms with van der Waals surface area (Å²) in [6, 6.07) is 12.7. The SMILES string of the molecule is CCC(N)(Cc1ccc(F)cc1)c1ccccc1F. The lowest BCUT2D eigenvalue weighted by molar-refractivity contribution is 0.402. The van der Waals surface area contributed by atoms with Gasteiger partial charge in [0.05, 0.1) is 0 Å². The van der Waals surface area contributed by atoms with Gasteiger partial charge in [-0.1, -0.05) is 37.3 Å². The smallest absolute Gasteiger partial charge is 0.128 e. The molecule has 0 amide bonds. The van der Waals surface area contributed by atoms with Crippen molar-refractivity contribution in [2.24, 2.45) is 5.73 Å². The van der Waals surface area contributed by atoms with Crippen LogP contribution in [-0.2, 0) is 12.0 Å². The number of benzene rings is 2. The number of hydrogen-bond donors (Lipinski definition) is 1. The molecule has 0 bridgehead atoms. The van der Waals surface area contributed by atoms with Gasteiger partial charge >= 0.3 is 0 Å². The van der Waals surface area contributed by atoms with Gasteiger partial charge < -0.3 is 5.73 Å². The summed E-state index contributed by atoms with van der Waals surface area (Å²) < 4.78 is 26.8. The van der Waals surface area contributed by atoms with Crippen molar-refractivity contribution in [2.45, 2.75) is 25.3 Å². The number of halogens is 2. The summed E-state index contributed by atoms with van der Waals surface area (Å²) in [5.41, 5.74) is 6.98. The van der Waals surface area contributed by atoms with Gasteiger partial charge in [0.2, 0.25) is 0 Å². The minimum absolute atomic E-state index is 0.284. The van der Waals surface area contributed by atoms with Crippen molar-refractivity contribution in [3.05, 3.63) is 71.3 Å². The van der Waals surface area contributed by atoms with E-state index >= 15 is 0 Å². The summed E-state index contributed by atoms with van der Waals surface area (Å²) >= 11 is 0. The van der Waals surface area contributed by atoms with Crippen LogP contribution in [-0.4, -0.2) is 0 Å². The van der Waals surface area contributed by atoms with Crippen LogP contribution in [0.15, 0.2) is 48.5 Å². The lowest BCUT2D eigenvalue weighted by Crippen LogP contribution is -2.39. The molecular formula is C16H17F2N. The Morgan fingerprint density at radius 2 is 1.63 bits per heavy atom. The fourth-order valence-electron chi connectivity index (χ4n) is 2.24. The van der Waals surface area contributed by atoms with Gasteiger partial charge in [-0.05, 0) is 36.6 Å². The molecule has 0 aliphatic heterocycles. The third-order valence-corrected chi connectivity index (χ3v) is 3.47. The molecule has 0 spiro atoms. The van der Waals surface area contributed by atoms with Crippen molar-refractivity contribution < 1.29 is 8.78 Å². The molecular weight excluding hydrogens is 244 g/mol. The normalized spacial score (nSPS) is 14.1. The highest BCUT2D eigenvalue weighted by Crippen LogP contribution is 2.28. The second-order valence-electron chi connectivity index (χ2n) is 4.79. The van der Waals surface area contributed by atoms with E-state index in [2.05, 4.69) is 0 Å². The van der Waals surface area contributed by atoms with Crippen LogP contribution < -0.4 is 5.73 Å². The largest absolute Gasteiger partial charge is 0.321 e. The maximum Gasteiger partial charge on any atom is 0.128 e. The molecule has 2 aromatic rings. The van der Waals surface area contributed by atoms with Gasteiger partial charge in [0.1, 0.15) is 11.6 Å². The molecule has 0 heterocycles. The average molecular weight is 261 g/mol. The quantitative estimate of drug-likeness (QED) is 0.890. The molecule has 2 N–H and O–H groups in total. The van der Waals surface area contributed by atoms with E-state index in [1.54, 1.807) is 30.3 Å². The topological polar surface area (TPSA) is 26.0 Å². The van der Waals surface area contributed by atoms with Crippen molar-refractivity contribution in [3.63, 3.8) is 0 Å². The van der Waals surface area contributed by atoms with Crippen LogP contribution in [0.5, 0.6) is 0 Å². The van der Waals surface area contributed by atoms with Crippen molar-refractivity contribution in [1.82, 2.24) is 0 Å². The molecule has 0 fully saturated rings. The first-order valence-electron chi connectivity index (χ1n) is 6.33. The van der Waals surface area contributed by atoms with Gasteiger partial charge in [-0.3, -0.25) is 0 Å². The van der Waals surface area contributed by atoms with Gasteiger partial charge in [0, 0.05) is 11.1 Å². The van der Waals surface area contributed by atoms with Crippen molar-refractivity contribution in [3.8, 4) is 0 Å². The second-order valence-corrected chi connectivity index (χ2v) is 4.79. The van der Waals surface area contributed by atoms with E-state index in [-0.39, 0.29) is 11.6 Å². The van der Waals surface area contributed by atoms with Gasteiger partial charge in [-0.15, -0.1) is 0 Å². The Labute approximate surface area is 112 Å². The van der Waals surface area contributed by atoms with Crippen LogP contribution >= 0.6 is 0 Å². The zero-order valence-electron chi connectivity index (χ0n) is 10.9.